The molecule has 0 radical (unpaired) electrons. The summed E-state index contributed by atoms with van der Waals surface area (Å²) in [4.78, 5) is 0. The Morgan fingerprint density at radius 2 is 2.06 bits per heavy atom. The first-order valence-corrected chi connectivity index (χ1v) is 8.10. The minimum atomic E-state index is -0.00976. The average molecular weight is 288 g/mol. The van der Waals surface area contributed by atoms with Crippen molar-refractivity contribution in [2.75, 3.05) is 5.75 Å². The summed E-state index contributed by atoms with van der Waals surface area (Å²) in [6, 6.07) is 0.465. The number of thioether (sulfide) groups is 1. The van der Waals surface area contributed by atoms with Gasteiger partial charge in [0.05, 0.1) is 0 Å². The Bertz CT molecular complexity index is 411. The monoisotopic (exact) mass is 287 g/mol. The topological polar surface area (TPSA) is 30.7 Å². The zero-order valence-electron chi connectivity index (χ0n) is 11.6. The number of nitrogens with zero attached hydrogens (tertiary/aromatic N) is 3. The summed E-state index contributed by atoms with van der Waals surface area (Å²) in [5.74, 6) is 2.17. The van der Waals surface area contributed by atoms with E-state index in [0.717, 1.165) is 11.6 Å². The van der Waals surface area contributed by atoms with Crippen LogP contribution in [0.2, 0.25) is 5.28 Å². The fraction of sp³-hybridized carbons (Fsp3) is 0.846. The molecule has 102 valence electrons. The van der Waals surface area contributed by atoms with Gasteiger partial charge in [0.15, 0.2) is 0 Å². The summed E-state index contributed by atoms with van der Waals surface area (Å²) >= 11 is 8.31. The van der Waals surface area contributed by atoms with E-state index in [1.807, 2.05) is 11.8 Å². The molecule has 0 bridgehead atoms. The Morgan fingerprint density at radius 3 is 2.67 bits per heavy atom. The lowest BCUT2D eigenvalue weighted by Gasteiger charge is -2.26. The van der Waals surface area contributed by atoms with E-state index in [0.29, 0.717) is 16.6 Å². The van der Waals surface area contributed by atoms with Gasteiger partial charge in [-0.05, 0) is 30.2 Å². The van der Waals surface area contributed by atoms with Crippen LogP contribution < -0.4 is 0 Å². The Kier molecular flexibility index (Phi) is 4.27. The highest BCUT2D eigenvalue weighted by Crippen LogP contribution is 2.41. The molecule has 1 aliphatic rings. The number of rotatable bonds is 3. The van der Waals surface area contributed by atoms with E-state index in [-0.39, 0.29) is 5.41 Å². The molecular weight excluding hydrogens is 266 g/mol. The van der Waals surface area contributed by atoms with Crippen LogP contribution in [0.1, 0.15) is 58.8 Å². The fourth-order valence-electron chi connectivity index (χ4n) is 2.69. The van der Waals surface area contributed by atoms with E-state index >= 15 is 0 Å². The van der Waals surface area contributed by atoms with Crippen molar-refractivity contribution < 1.29 is 0 Å². The van der Waals surface area contributed by atoms with Gasteiger partial charge >= 0.3 is 0 Å². The first-order chi connectivity index (χ1) is 8.45. The number of hydrogen-bond acceptors (Lipinski definition) is 3. The van der Waals surface area contributed by atoms with Crippen molar-refractivity contribution in [1.82, 2.24) is 14.8 Å². The SMILES string of the molecule is CCSC1CCCC1n1c(Cl)nnc1C(C)(C)C. The molecule has 1 fully saturated rings. The molecule has 2 unspecified atom stereocenters. The maximum atomic E-state index is 6.28. The van der Waals surface area contributed by atoms with E-state index < -0.39 is 0 Å². The van der Waals surface area contributed by atoms with Gasteiger partial charge in [-0.1, -0.05) is 34.1 Å². The molecule has 2 atom stereocenters. The summed E-state index contributed by atoms with van der Waals surface area (Å²) in [5.41, 5.74) is -0.00976. The predicted octanol–water partition coefficient (Wildman–Crippen LogP) is 4.08. The van der Waals surface area contributed by atoms with Crippen LogP contribution in [0.15, 0.2) is 0 Å². The van der Waals surface area contributed by atoms with Crippen LogP contribution in [0, 0.1) is 0 Å². The molecule has 5 heteroatoms. The number of hydrogen-bond donors (Lipinski definition) is 0. The molecule has 0 N–H and O–H groups in total. The van der Waals surface area contributed by atoms with Crippen molar-refractivity contribution in [3.05, 3.63) is 11.1 Å². The van der Waals surface area contributed by atoms with Crippen molar-refractivity contribution in [1.29, 1.82) is 0 Å². The number of aromatic nitrogens is 3. The molecule has 0 saturated heterocycles. The Labute approximate surface area is 119 Å². The molecular formula is C13H22ClN3S. The lowest BCUT2D eigenvalue weighted by Crippen LogP contribution is -2.25. The van der Waals surface area contributed by atoms with Crippen molar-refractivity contribution in [3.63, 3.8) is 0 Å². The van der Waals surface area contributed by atoms with Crippen molar-refractivity contribution in [3.8, 4) is 0 Å². The Morgan fingerprint density at radius 1 is 1.33 bits per heavy atom. The van der Waals surface area contributed by atoms with Gasteiger partial charge in [-0.2, -0.15) is 11.8 Å². The van der Waals surface area contributed by atoms with Crippen LogP contribution in [0.25, 0.3) is 0 Å². The zero-order valence-corrected chi connectivity index (χ0v) is 13.2. The quantitative estimate of drug-likeness (QED) is 0.839. The minimum absolute atomic E-state index is 0.00976. The summed E-state index contributed by atoms with van der Waals surface area (Å²) in [7, 11) is 0. The second kappa shape index (κ2) is 5.41. The van der Waals surface area contributed by atoms with Crippen molar-refractivity contribution >= 4 is 23.4 Å². The highest BCUT2D eigenvalue weighted by Gasteiger charge is 2.34. The molecule has 0 aromatic carbocycles. The molecule has 1 aromatic heterocycles. The maximum Gasteiger partial charge on any atom is 0.225 e. The van der Waals surface area contributed by atoms with Gasteiger partial charge in [-0.3, -0.25) is 4.57 Å². The van der Waals surface area contributed by atoms with E-state index in [1.165, 1.54) is 19.3 Å². The second-order valence-corrected chi connectivity index (χ2v) is 7.76. The molecule has 0 amide bonds. The van der Waals surface area contributed by atoms with Crippen molar-refractivity contribution in [2.45, 2.75) is 63.7 Å². The van der Waals surface area contributed by atoms with Crippen LogP contribution >= 0.6 is 23.4 Å². The lowest BCUT2D eigenvalue weighted by molar-refractivity contribution is 0.442. The minimum Gasteiger partial charge on any atom is -0.297 e. The van der Waals surface area contributed by atoms with Crippen LogP contribution in [0.4, 0.5) is 0 Å². The van der Waals surface area contributed by atoms with Gasteiger partial charge in [-0.15, -0.1) is 10.2 Å². The molecule has 1 saturated carbocycles. The van der Waals surface area contributed by atoms with E-state index in [1.54, 1.807) is 0 Å². The van der Waals surface area contributed by atoms with E-state index in [4.69, 9.17) is 11.6 Å². The van der Waals surface area contributed by atoms with Crippen LogP contribution in [0.5, 0.6) is 0 Å². The summed E-state index contributed by atoms with van der Waals surface area (Å²) < 4.78 is 2.18. The highest BCUT2D eigenvalue weighted by molar-refractivity contribution is 7.99. The molecule has 1 aliphatic carbocycles. The molecule has 1 aromatic rings. The van der Waals surface area contributed by atoms with Crippen molar-refractivity contribution in [2.24, 2.45) is 0 Å². The van der Waals surface area contributed by atoms with Crippen LogP contribution in [-0.2, 0) is 5.41 Å². The smallest absolute Gasteiger partial charge is 0.225 e. The first kappa shape index (κ1) is 14.2. The second-order valence-electron chi connectivity index (χ2n) is 5.90. The third kappa shape index (κ3) is 2.69. The maximum absolute atomic E-state index is 6.28. The summed E-state index contributed by atoms with van der Waals surface area (Å²) in [6.07, 6.45) is 3.75. The van der Waals surface area contributed by atoms with Gasteiger partial charge in [0, 0.05) is 16.7 Å². The normalized spacial score (nSPS) is 24.7. The highest BCUT2D eigenvalue weighted by atomic mass is 35.5. The third-order valence-electron chi connectivity index (χ3n) is 3.46. The molecule has 1 heterocycles. The first-order valence-electron chi connectivity index (χ1n) is 6.67. The molecule has 3 nitrogen and oxygen atoms in total. The predicted molar refractivity (Wildman–Crippen MR) is 78.5 cm³/mol. The van der Waals surface area contributed by atoms with E-state index in [9.17, 15) is 0 Å². The zero-order chi connectivity index (χ0) is 13.3. The van der Waals surface area contributed by atoms with Gasteiger partial charge in [0.25, 0.3) is 0 Å². The fourth-order valence-corrected chi connectivity index (χ4v) is 4.17. The Hall–Kier alpha value is -0.220. The van der Waals surface area contributed by atoms with E-state index in [2.05, 4.69) is 42.5 Å². The third-order valence-corrected chi connectivity index (χ3v) is 5.02. The standard InChI is InChI=1S/C13H22ClN3S/c1-5-18-10-8-6-7-9(10)17-11(13(2,3)4)15-16-12(17)14/h9-10H,5-8H2,1-4H3. The Balaban J connectivity index is 2.35. The average Bonchev–Trinajstić information content (AvgIpc) is 2.84. The molecule has 18 heavy (non-hydrogen) atoms. The van der Waals surface area contributed by atoms with Gasteiger partial charge in [0.1, 0.15) is 5.82 Å². The number of halogens is 1. The van der Waals surface area contributed by atoms with Gasteiger partial charge in [-0.25, -0.2) is 0 Å². The van der Waals surface area contributed by atoms with Gasteiger partial charge in [0.2, 0.25) is 5.28 Å². The molecule has 0 aliphatic heterocycles. The summed E-state index contributed by atoms with van der Waals surface area (Å²) in [6.45, 7) is 8.72. The van der Waals surface area contributed by atoms with Crippen LogP contribution in [-0.4, -0.2) is 25.8 Å². The lowest BCUT2D eigenvalue weighted by atomic mass is 9.95. The van der Waals surface area contributed by atoms with Gasteiger partial charge < -0.3 is 0 Å². The molecule has 2 rings (SSSR count). The van der Waals surface area contributed by atoms with Crippen LogP contribution in [0.3, 0.4) is 0 Å². The summed E-state index contributed by atoms with van der Waals surface area (Å²) in [5, 5.41) is 9.60. The largest absolute Gasteiger partial charge is 0.297 e. The molecule has 0 spiro atoms.